The summed E-state index contributed by atoms with van der Waals surface area (Å²) in [6.45, 7) is 0. The molecular weight excluding hydrogens is 234 g/mol. The average molecular weight is 251 g/mol. The number of ether oxygens (including phenoxy) is 2. The molecule has 2 amide bonds. The number of nitrogens with two attached hydrogens (primary N) is 1. The number of hydrogen-bond donors (Lipinski definition) is 3. The van der Waals surface area contributed by atoms with Gasteiger partial charge in [0.15, 0.2) is 11.5 Å². The van der Waals surface area contributed by atoms with Crippen LogP contribution in [0.1, 0.15) is 12.8 Å². The van der Waals surface area contributed by atoms with E-state index in [1.54, 1.807) is 12.1 Å². The maximum Gasteiger partial charge on any atom is 0.319 e. The zero-order chi connectivity index (χ0) is 13.1. The molecule has 0 heterocycles. The molecule has 0 atom stereocenters. The highest BCUT2D eigenvalue weighted by Crippen LogP contribution is 2.34. The second kappa shape index (κ2) is 5.03. The molecule has 1 aliphatic rings. The fourth-order valence-electron chi connectivity index (χ4n) is 1.57. The Morgan fingerprint density at radius 2 is 1.89 bits per heavy atom. The van der Waals surface area contributed by atoms with Crippen LogP contribution in [0.15, 0.2) is 12.1 Å². The number of carbonyl (C=O) groups is 1. The number of benzene rings is 1. The van der Waals surface area contributed by atoms with Crippen LogP contribution in [0.4, 0.5) is 16.2 Å². The van der Waals surface area contributed by atoms with Crippen molar-refractivity contribution in [1.29, 1.82) is 0 Å². The summed E-state index contributed by atoms with van der Waals surface area (Å²) < 4.78 is 10.3. The van der Waals surface area contributed by atoms with E-state index < -0.39 is 0 Å². The Morgan fingerprint density at radius 1 is 1.28 bits per heavy atom. The molecule has 6 heteroatoms. The standard InChI is InChI=1S/C12H17N3O3/c1-17-10-5-8(13)9(6-11(10)18-2)15-12(16)14-7-3-4-7/h5-7H,3-4,13H2,1-2H3,(H2,14,15,16). The molecule has 1 aromatic rings. The van der Waals surface area contributed by atoms with Crippen LogP contribution < -0.4 is 25.8 Å². The van der Waals surface area contributed by atoms with Gasteiger partial charge in [-0.05, 0) is 12.8 Å². The van der Waals surface area contributed by atoms with Crippen molar-refractivity contribution < 1.29 is 14.3 Å². The molecule has 4 N–H and O–H groups in total. The van der Waals surface area contributed by atoms with E-state index in [9.17, 15) is 4.79 Å². The smallest absolute Gasteiger partial charge is 0.319 e. The van der Waals surface area contributed by atoms with Crippen molar-refractivity contribution in [3.05, 3.63) is 12.1 Å². The van der Waals surface area contributed by atoms with Crippen molar-refractivity contribution in [1.82, 2.24) is 5.32 Å². The third-order valence-electron chi connectivity index (χ3n) is 2.72. The van der Waals surface area contributed by atoms with Gasteiger partial charge < -0.3 is 25.8 Å². The van der Waals surface area contributed by atoms with Crippen molar-refractivity contribution in [2.75, 3.05) is 25.3 Å². The van der Waals surface area contributed by atoms with Crippen molar-refractivity contribution in [3.8, 4) is 11.5 Å². The van der Waals surface area contributed by atoms with Crippen molar-refractivity contribution in [3.63, 3.8) is 0 Å². The van der Waals surface area contributed by atoms with Gasteiger partial charge in [-0.25, -0.2) is 4.79 Å². The molecule has 0 bridgehead atoms. The molecule has 0 saturated heterocycles. The van der Waals surface area contributed by atoms with Gasteiger partial charge >= 0.3 is 6.03 Å². The maximum atomic E-state index is 11.6. The molecular formula is C12H17N3O3. The first kappa shape index (κ1) is 12.3. The Kier molecular flexibility index (Phi) is 3.45. The molecule has 98 valence electrons. The highest BCUT2D eigenvalue weighted by atomic mass is 16.5. The number of hydrogen-bond acceptors (Lipinski definition) is 4. The third-order valence-corrected chi connectivity index (χ3v) is 2.72. The normalized spacial score (nSPS) is 13.9. The Balaban J connectivity index is 2.13. The minimum Gasteiger partial charge on any atom is -0.493 e. The van der Waals surface area contributed by atoms with Gasteiger partial charge in [0.05, 0.1) is 25.6 Å². The molecule has 1 fully saturated rings. The van der Waals surface area contributed by atoms with Crippen LogP contribution in [0, 0.1) is 0 Å². The van der Waals surface area contributed by atoms with Gasteiger partial charge in [-0.3, -0.25) is 0 Å². The van der Waals surface area contributed by atoms with E-state index in [0.717, 1.165) is 12.8 Å². The molecule has 0 spiro atoms. The van der Waals surface area contributed by atoms with Crippen LogP contribution in [0.3, 0.4) is 0 Å². The van der Waals surface area contributed by atoms with Crippen LogP contribution in [-0.4, -0.2) is 26.3 Å². The van der Waals surface area contributed by atoms with Crippen LogP contribution in [0.2, 0.25) is 0 Å². The maximum absolute atomic E-state index is 11.6. The molecule has 1 saturated carbocycles. The summed E-state index contributed by atoms with van der Waals surface area (Å²) in [5.74, 6) is 1.05. The second-order valence-electron chi connectivity index (χ2n) is 4.17. The zero-order valence-corrected chi connectivity index (χ0v) is 10.4. The predicted molar refractivity (Wildman–Crippen MR) is 69.1 cm³/mol. The lowest BCUT2D eigenvalue weighted by Crippen LogP contribution is -2.30. The van der Waals surface area contributed by atoms with Gasteiger partial charge in [0.25, 0.3) is 0 Å². The van der Waals surface area contributed by atoms with Gasteiger partial charge in [0.1, 0.15) is 0 Å². The van der Waals surface area contributed by atoms with E-state index in [0.29, 0.717) is 28.9 Å². The summed E-state index contributed by atoms with van der Waals surface area (Å²) >= 11 is 0. The van der Waals surface area contributed by atoms with Crippen LogP contribution in [0.25, 0.3) is 0 Å². The van der Waals surface area contributed by atoms with E-state index in [1.807, 2.05) is 0 Å². The lowest BCUT2D eigenvalue weighted by atomic mass is 10.2. The number of methoxy groups -OCH3 is 2. The summed E-state index contributed by atoms with van der Waals surface area (Å²) in [4.78, 5) is 11.6. The number of rotatable bonds is 4. The molecule has 2 rings (SSSR count). The van der Waals surface area contributed by atoms with Crippen LogP contribution in [-0.2, 0) is 0 Å². The van der Waals surface area contributed by atoms with E-state index >= 15 is 0 Å². The predicted octanol–water partition coefficient (Wildman–Crippen LogP) is 1.57. The molecule has 0 aliphatic heterocycles. The third kappa shape index (κ3) is 2.77. The summed E-state index contributed by atoms with van der Waals surface area (Å²) in [5.41, 5.74) is 6.77. The van der Waals surface area contributed by atoms with Crippen molar-refractivity contribution in [2.24, 2.45) is 0 Å². The number of urea groups is 1. The minimum atomic E-state index is -0.253. The lowest BCUT2D eigenvalue weighted by molar-refractivity contribution is 0.251. The molecule has 0 aromatic heterocycles. The van der Waals surface area contributed by atoms with Gasteiger partial charge in [0.2, 0.25) is 0 Å². The molecule has 0 unspecified atom stereocenters. The lowest BCUT2D eigenvalue weighted by Gasteiger charge is -2.13. The number of nitrogen functional groups attached to an aromatic ring is 1. The average Bonchev–Trinajstić information content (AvgIpc) is 3.14. The summed E-state index contributed by atoms with van der Waals surface area (Å²) in [6.07, 6.45) is 2.07. The molecule has 0 radical (unpaired) electrons. The molecule has 1 aliphatic carbocycles. The van der Waals surface area contributed by atoms with Crippen molar-refractivity contribution >= 4 is 17.4 Å². The van der Waals surface area contributed by atoms with E-state index in [2.05, 4.69) is 10.6 Å². The van der Waals surface area contributed by atoms with Gasteiger partial charge in [-0.15, -0.1) is 0 Å². The van der Waals surface area contributed by atoms with Gasteiger partial charge in [-0.2, -0.15) is 0 Å². The van der Waals surface area contributed by atoms with Crippen LogP contribution in [0.5, 0.6) is 11.5 Å². The van der Waals surface area contributed by atoms with E-state index in [1.165, 1.54) is 14.2 Å². The first-order valence-electron chi connectivity index (χ1n) is 5.73. The monoisotopic (exact) mass is 251 g/mol. The topological polar surface area (TPSA) is 85.6 Å². The molecule has 1 aromatic carbocycles. The largest absolute Gasteiger partial charge is 0.493 e. The fourth-order valence-corrected chi connectivity index (χ4v) is 1.57. The van der Waals surface area contributed by atoms with E-state index in [4.69, 9.17) is 15.2 Å². The summed E-state index contributed by atoms with van der Waals surface area (Å²) in [6, 6.07) is 3.30. The highest BCUT2D eigenvalue weighted by molar-refractivity contribution is 5.93. The SMILES string of the molecule is COc1cc(N)c(NC(=O)NC2CC2)cc1OC. The first-order valence-corrected chi connectivity index (χ1v) is 5.73. The first-order chi connectivity index (χ1) is 8.63. The summed E-state index contributed by atoms with van der Waals surface area (Å²) in [5, 5.41) is 5.51. The fraction of sp³-hybridized carbons (Fsp3) is 0.417. The van der Waals surface area contributed by atoms with Gasteiger partial charge in [-0.1, -0.05) is 0 Å². The number of anilines is 2. The number of nitrogens with one attached hydrogen (secondary N) is 2. The second-order valence-corrected chi connectivity index (χ2v) is 4.17. The quantitative estimate of drug-likeness (QED) is 0.709. The van der Waals surface area contributed by atoms with E-state index in [-0.39, 0.29) is 6.03 Å². The van der Waals surface area contributed by atoms with Gasteiger partial charge in [0, 0.05) is 18.2 Å². The number of amides is 2. The number of carbonyl (C=O) groups excluding carboxylic acids is 1. The zero-order valence-electron chi connectivity index (χ0n) is 10.4. The Bertz CT molecular complexity index is 458. The minimum absolute atomic E-state index is 0.253. The summed E-state index contributed by atoms with van der Waals surface area (Å²) in [7, 11) is 3.06. The van der Waals surface area contributed by atoms with Crippen LogP contribution >= 0.6 is 0 Å². The molecule has 18 heavy (non-hydrogen) atoms. The highest BCUT2D eigenvalue weighted by Gasteiger charge is 2.23. The Labute approximate surface area is 105 Å². The Hall–Kier alpha value is -2.11. The van der Waals surface area contributed by atoms with Crippen molar-refractivity contribution in [2.45, 2.75) is 18.9 Å². The Morgan fingerprint density at radius 3 is 2.44 bits per heavy atom. The molecule has 6 nitrogen and oxygen atoms in total.